The molecule has 0 bridgehead atoms. The highest BCUT2D eigenvalue weighted by atomic mass is 16.5. The van der Waals surface area contributed by atoms with E-state index in [0.717, 1.165) is 6.42 Å². The van der Waals surface area contributed by atoms with Gasteiger partial charge in [-0.15, -0.1) is 0 Å². The second-order valence-corrected chi connectivity index (χ2v) is 2.98. The lowest BCUT2D eigenvalue weighted by Gasteiger charge is -1.96. The van der Waals surface area contributed by atoms with Gasteiger partial charge in [0.1, 0.15) is 0 Å². The van der Waals surface area contributed by atoms with E-state index < -0.39 is 0 Å². The Kier molecular flexibility index (Phi) is 8.73. The summed E-state index contributed by atoms with van der Waals surface area (Å²) in [4.78, 5) is 10.9. The van der Waals surface area contributed by atoms with Crippen LogP contribution in [-0.2, 0) is 9.53 Å². The van der Waals surface area contributed by atoms with Gasteiger partial charge in [0.05, 0.1) is 13.0 Å². The highest BCUT2D eigenvalue weighted by Gasteiger charge is 1.95. The Balaban J connectivity index is 3.25. The molecule has 13 heavy (non-hydrogen) atoms. The first-order chi connectivity index (χ1) is 6.31. The molecule has 0 atom stereocenters. The molecule has 0 spiro atoms. The first-order valence-corrected chi connectivity index (χ1v) is 5.11. The molecule has 76 valence electrons. The first-order valence-electron chi connectivity index (χ1n) is 5.11. The molecule has 0 saturated heterocycles. The lowest BCUT2D eigenvalue weighted by atomic mass is 10.2. The summed E-state index contributed by atoms with van der Waals surface area (Å²) in [7, 11) is 0. The summed E-state index contributed by atoms with van der Waals surface area (Å²) < 4.78 is 4.78. The average molecular weight is 184 g/mol. The largest absolute Gasteiger partial charge is 0.466 e. The normalized spacial score (nSPS) is 10.6. The molecular weight excluding hydrogens is 164 g/mol. The van der Waals surface area contributed by atoms with E-state index in [2.05, 4.69) is 13.0 Å². The second kappa shape index (κ2) is 9.30. The standard InChI is InChI=1S/C11H20O2/c1-3-5-6-7-8-9-10-11(12)13-4-2/h8-9H,3-7,10H2,1-2H3/b9-8+. The summed E-state index contributed by atoms with van der Waals surface area (Å²) in [6, 6.07) is 0. The third kappa shape index (κ3) is 9.12. The van der Waals surface area contributed by atoms with E-state index in [9.17, 15) is 4.79 Å². The Labute approximate surface area is 81.0 Å². The van der Waals surface area contributed by atoms with E-state index >= 15 is 0 Å². The Hall–Kier alpha value is -0.790. The predicted molar refractivity (Wildman–Crippen MR) is 54.5 cm³/mol. The maximum absolute atomic E-state index is 10.9. The smallest absolute Gasteiger partial charge is 0.309 e. The lowest BCUT2D eigenvalue weighted by Crippen LogP contribution is -2.01. The van der Waals surface area contributed by atoms with Crippen molar-refractivity contribution in [2.75, 3.05) is 6.61 Å². The molecule has 0 N–H and O–H groups in total. The fraction of sp³-hybridized carbons (Fsp3) is 0.727. The van der Waals surface area contributed by atoms with Gasteiger partial charge in [-0.1, -0.05) is 31.9 Å². The van der Waals surface area contributed by atoms with Gasteiger partial charge in [-0.25, -0.2) is 0 Å². The monoisotopic (exact) mass is 184 g/mol. The maximum Gasteiger partial charge on any atom is 0.309 e. The van der Waals surface area contributed by atoms with Crippen LogP contribution < -0.4 is 0 Å². The molecule has 0 aromatic rings. The summed E-state index contributed by atoms with van der Waals surface area (Å²) in [5.41, 5.74) is 0. The SMILES string of the molecule is CCCCC/C=C/CC(=O)OCC. The van der Waals surface area contributed by atoms with Crippen LogP contribution in [0.25, 0.3) is 0 Å². The minimum atomic E-state index is -0.130. The summed E-state index contributed by atoms with van der Waals surface area (Å²) >= 11 is 0. The lowest BCUT2D eigenvalue weighted by molar-refractivity contribution is -0.142. The van der Waals surface area contributed by atoms with Crippen molar-refractivity contribution in [3.8, 4) is 0 Å². The van der Waals surface area contributed by atoms with Gasteiger partial charge in [0.15, 0.2) is 0 Å². The summed E-state index contributed by atoms with van der Waals surface area (Å²) in [5, 5.41) is 0. The molecule has 0 aliphatic carbocycles. The van der Waals surface area contributed by atoms with Crippen molar-refractivity contribution in [1.29, 1.82) is 0 Å². The molecule has 0 saturated carbocycles. The first kappa shape index (κ1) is 12.2. The van der Waals surface area contributed by atoms with Gasteiger partial charge in [-0.2, -0.15) is 0 Å². The number of unbranched alkanes of at least 4 members (excludes halogenated alkanes) is 3. The number of esters is 1. The third-order valence-corrected chi connectivity index (χ3v) is 1.73. The van der Waals surface area contributed by atoms with Crippen LogP contribution in [0.15, 0.2) is 12.2 Å². The van der Waals surface area contributed by atoms with E-state index in [1.807, 2.05) is 13.0 Å². The topological polar surface area (TPSA) is 26.3 Å². The molecule has 0 aromatic carbocycles. The predicted octanol–water partition coefficient (Wildman–Crippen LogP) is 3.08. The highest BCUT2D eigenvalue weighted by Crippen LogP contribution is 2.00. The number of hydrogen-bond acceptors (Lipinski definition) is 2. The van der Waals surface area contributed by atoms with Crippen molar-refractivity contribution in [3.05, 3.63) is 12.2 Å². The zero-order chi connectivity index (χ0) is 9.94. The summed E-state index contributed by atoms with van der Waals surface area (Å²) in [5.74, 6) is -0.130. The Morgan fingerprint density at radius 2 is 2.00 bits per heavy atom. The molecular formula is C11H20O2. The van der Waals surface area contributed by atoms with E-state index in [-0.39, 0.29) is 5.97 Å². The van der Waals surface area contributed by atoms with Crippen molar-refractivity contribution in [2.45, 2.75) is 46.0 Å². The van der Waals surface area contributed by atoms with Gasteiger partial charge in [-0.05, 0) is 19.8 Å². The molecule has 0 amide bonds. The summed E-state index contributed by atoms with van der Waals surface area (Å²) in [6.45, 7) is 4.48. The number of allylic oxidation sites excluding steroid dienone is 1. The minimum absolute atomic E-state index is 0.130. The maximum atomic E-state index is 10.9. The number of carbonyl (C=O) groups is 1. The molecule has 0 aliphatic heterocycles. The van der Waals surface area contributed by atoms with Crippen molar-refractivity contribution in [3.63, 3.8) is 0 Å². The van der Waals surface area contributed by atoms with Crippen LogP contribution in [-0.4, -0.2) is 12.6 Å². The molecule has 0 heterocycles. The number of rotatable bonds is 7. The van der Waals surface area contributed by atoms with Crippen molar-refractivity contribution >= 4 is 5.97 Å². The Bertz CT molecular complexity index is 150. The average Bonchev–Trinajstić information content (AvgIpc) is 2.11. The van der Waals surface area contributed by atoms with Crippen LogP contribution in [0.1, 0.15) is 46.0 Å². The van der Waals surface area contributed by atoms with E-state index in [0.29, 0.717) is 13.0 Å². The van der Waals surface area contributed by atoms with Gasteiger partial charge < -0.3 is 4.74 Å². The van der Waals surface area contributed by atoms with Crippen LogP contribution in [0.2, 0.25) is 0 Å². The Morgan fingerprint density at radius 3 is 2.62 bits per heavy atom. The molecule has 0 aliphatic rings. The van der Waals surface area contributed by atoms with Gasteiger partial charge >= 0.3 is 5.97 Å². The minimum Gasteiger partial charge on any atom is -0.466 e. The van der Waals surface area contributed by atoms with Crippen molar-refractivity contribution < 1.29 is 9.53 Å². The van der Waals surface area contributed by atoms with E-state index in [1.165, 1.54) is 19.3 Å². The molecule has 2 nitrogen and oxygen atoms in total. The van der Waals surface area contributed by atoms with Crippen molar-refractivity contribution in [2.24, 2.45) is 0 Å². The molecule has 0 rings (SSSR count). The third-order valence-electron chi connectivity index (χ3n) is 1.73. The molecule has 0 radical (unpaired) electrons. The number of carbonyl (C=O) groups excluding carboxylic acids is 1. The highest BCUT2D eigenvalue weighted by molar-refractivity contribution is 5.71. The summed E-state index contributed by atoms with van der Waals surface area (Å²) in [6.07, 6.45) is 9.18. The Morgan fingerprint density at radius 1 is 1.23 bits per heavy atom. The van der Waals surface area contributed by atoms with Crippen molar-refractivity contribution in [1.82, 2.24) is 0 Å². The van der Waals surface area contributed by atoms with Gasteiger partial charge in [0, 0.05) is 0 Å². The van der Waals surface area contributed by atoms with Crippen LogP contribution in [0.4, 0.5) is 0 Å². The van der Waals surface area contributed by atoms with E-state index in [1.54, 1.807) is 0 Å². The van der Waals surface area contributed by atoms with Crippen LogP contribution >= 0.6 is 0 Å². The number of ether oxygens (including phenoxy) is 1. The molecule has 2 heteroatoms. The fourth-order valence-electron chi connectivity index (χ4n) is 1.03. The zero-order valence-electron chi connectivity index (χ0n) is 8.71. The van der Waals surface area contributed by atoms with Crippen LogP contribution in [0.5, 0.6) is 0 Å². The number of hydrogen-bond donors (Lipinski definition) is 0. The second-order valence-electron chi connectivity index (χ2n) is 2.98. The quantitative estimate of drug-likeness (QED) is 0.345. The zero-order valence-corrected chi connectivity index (χ0v) is 8.71. The van der Waals surface area contributed by atoms with Crippen LogP contribution in [0.3, 0.4) is 0 Å². The fourth-order valence-corrected chi connectivity index (χ4v) is 1.03. The van der Waals surface area contributed by atoms with E-state index in [4.69, 9.17) is 4.74 Å². The molecule has 0 aromatic heterocycles. The van der Waals surface area contributed by atoms with Gasteiger partial charge in [-0.3, -0.25) is 4.79 Å². The van der Waals surface area contributed by atoms with Crippen LogP contribution in [0, 0.1) is 0 Å². The van der Waals surface area contributed by atoms with Gasteiger partial charge in [0.25, 0.3) is 0 Å². The van der Waals surface area contributed by atoms with Gasteiger partial charge in [0.2, 0.25) is 0 Å². The molecule has 0 fully saturated rings. The molecule has 0 unspecified atom stereocenters.